The fraction of sp³-hybridized carbons (Fsp3) is 0.300. The van der Waals surface area contributed by atoms with Crippen LogP contribution in [0.25, 0.3) is 0 Å². The van der Waals surface area contributed by atoms with Gasteiger partial charge in [0.25, 0.3) is 0 Å². The van der Waals surface area contributed by atoms with Gasteiger partial charge in [-0.05, 0) is 18.6 Å². The molecule has 0 fully saturated rings. The first-order chi connectivity index (χ1) is 7.19. The van der Waals surface area contributed by atoms with Gasteiger partial charge in [0.1, 0.15) is 6.29 Å². The van der Waals surface area contributed by atoms with Crippen LogP contribution in [0, 0.1) is 10.1 Å². The molecule has 0 aliphatic rings. The third-order valence-electron chi connectivity index (χ3n) is 1.78. The fourth-order valence-electron chi connectivity index (χ4n) is 1.08. The summed E-state index contributed by atoms with van der Waals surface area (Å²) < 4.78 is 5.19. The van der Waals surface area contributed by atoms with Crippen molar-refractivity contribution in [1.29, 1.82) is 0 Å². The molecule has 5 nitrogen and oxygen atoms in total. The molecular formula is C10H11NO4. The molecule has 0 bridgehead atoms. The molecule has 1 aromatic carbocycles. The molecule has 0 saturated heterocycles. The van der Waals surface area contributed by atoms with E-state index in [9.17, 15) is 14.9 Å². The Morgan fingerprint density at radius 1 is 1.53 bits per heavy atom. The molecule has 1 rings (SSSR count). The average Bonchev–Trinajstić information content (AvgIpc) is 2.25. The summed E-state index contributed by atoms with van der Waals surface area (Å²) in [6.07, 6.45) is 1.38. The highest BCUT2D eigenvalue weighted by Gasteiger charge is 2.14. The number of carbonyl (C=O) groups is 1. The first-order valence-electron chi connectivity index (χ1n) is 4.55. The maximum absolute atomic E-state index is 10.6. The Labute approximate surface area is 86.8 Å². The van der Waals surface area contributed by atoms with Crippen molar-refractivity contribution in [1.82, 2.24) is 0 Å². The van der Waals surface area contributed by atoms with Crippen LogP contribution in [0.2, 0.25) is 0 Å². The molecule has 0 saturated carbocycles. The predicted octanol–water partition coefficient (Wildman–Crippen LogP) is 2.20. The van der Waals surface area contributed by atoms with Crippen molar-refractivity contribution in [3.63, 3.8) is 0 Å². The van der Waals surface area contributed by atoms with Gasteiger partial charge in [-0.1, -0.05) is 6.92 Å². The summed E-state index contributed by atoms with van der Waals surface area (Å²) in [7, 11) is 0. The van der Waals surface area contributed by atoms with E-state index in [1.807, 2.05) is 6.92 Å². The van der Waals surface area contributed by atoms with Gasteiger partial charge >= 0.3 is 5.69 Å². The average molecular weight is 209 g/mol. The van der Waals surface area contributed by atoms with Crippen molar-refractivity contribution in [2.75, 3.05) is 6.61 Å². The molecule has 0 aliphatic heterocycles. The van der Waals surface area contributed by atoms with Crippen LogP contribution >= 0.6 is 0 Å². The van der Waals surface area contributed by atoms with E-state index in [1.165, 1.54) is 18.2 Å². The molecule has 0 aromatic heterocycles. The van der Waals surface area contributed by atoms with Gasteiger partial charge in [-0.15, -0.1) is 0 Å². The molecule has 0 heterocycles. The van der Waals surface area contributed by atoms with Crippen LogP contribution in [0.4, 0.5) is 5.69 Å². The van der Waals surface area contributed by atoms with Crippen LogP contribution in [0.3, 0.4) is 0 Å². The van der Waals surface area contributed by atoms with Gasteiger partial charge in [0, 0.05) is 11.6 Å². The van der Waals surface area contributed by atoms with E-state index in [0.717, 1.165) is 6.42 Å². The first-order valence-corrected chi connectivity index (χ1v) is 4.55. The zero-order valence-corrected chi connectivity index (χ0v) is 8.30. The minimum absolute atomic E-state index is 0.117. The van der Waals surface area contributed by atoms with Gasteiger partial charge in [0.2, 0.25) is 0 Å². The lowest BCUT2D eigenvalue weighted by molar-refractivity contribution is -0.385. The molecule has 15 heavy (non-hydrogen) atoms. The number of ether oxygens (including phenoxy) is 1. The molecule has 80 valence electrons. The molecule has 5 heteroatoms. The SMILES string of the molecule is CCCOc1cc(C=O)ccc1[N+](=O)[O-]. The van der Waals surface area contributed by atoms with E-state index >= 15 is 0 Å². The quantitative estimate of drug-likeness (QED) is 0.423. The zero-order chi connectivity index (χ0) is 11.3. The Balaban J connectivity index is 3.04. The second kappa shape index (κ2) is 5.09. The molecule has 0 radical (unpaired) electrons. The van der Waals surface area contributed by atoms with E-state index in [-0.39, 0.29) is 11.4 Å². The number of hydrogen-bond acceptors (Lipinski definition) is 4. The summed E-state index contributed by atoms with van der Waals surface area (Å²) in [4.78, 5) is 20.6. The second-order valence-electron chi connectivity index (χ2n) is 2.95. The summed E-state index contributed by atoms with van der Waals surface area (Å²) in [5.74, 6) is 0.145. The Hall–Kier alpha value is -1.91. The first kappa shape index (κ1) is 11.2. The largest absolute Gasteiger partial charge is 0.487 e. The number of nitrogens with zero attached hydrogens (tertiary/aromatic N) is 1. The highest BCUT2D eigenvalue weighted by molar-refractivity contribution is 5.76. The number of hydrogen-bond donors (Lipinski definition) is 0. The Bertz CT molecular complexity index is 376. The van der Waals surface area contributed by atoms with Gasteiger partial charge in [-0.3, -0.25) is 14.9 Å². The number of aldehydes is 1. The molecular weight excluding hydrogens is 198 g/mol. The van der Waals surface area contributed by atoms with Crippen LogP contribution in [-0.2, 0) is 0 Å². The number of benzene rings is 1. The predicted molar refractivity (Wildman–Crippen MR) is 54.3 cm³/mol. The number of nitro benzene ring substituents is 1. The molecule has 0 N–H and O–H groups in total. The van der Waals surface area contributed by atoms with E-state index in [1.54, 1.807) is 0 Å². The molecule has 0 spiro atoms. The monoisotopic (exact) mass is 209 g/mol. The second-order valence-corrected chi connectivity index (χ2v) is 2.95. The smallest absolute Gasteiger partial charge is 0.310 e. The molecule has 0 aliphatic carbocycles. The fourth-order valence-corrected chi connectivity index (χ4v) is 1.08. The maximum Gasteiger partial charge on any atom is 0.310 e. The Morgan fingerprint density at radius 2 is 2.27 bits per heavy atom. The van der Waals surface area contributed by atoms with E-state index in [4.69, 9.17) is 4.74 Å². The summed E-state index contributed by atoms with van der Waals surface area (Å²) in [5.41, 5.74) is 0.251. The summed E-state index contributed by atoms with van der Waals surface area (Å²) in [5, 5.41) is 10.6. The van der Waals surface area contributed by atoms with E-state index in [0.29, 0.717) is 18.5 Å². The van der Waals surface area contributed by atoms with Gasteiger partial charge in [0.15, 0.2) is 5.75 Å². The van der Waals surface area contributed by atoms with Crippen LogP contribution in [0.1, 0.15) is 23.7 Å². The van der Waals surface area contributed by atoms with Crippen molar-refractivity contribution in [2.24, 2.45) is 0 Å². The van der Waals surface area contributed by atoms with Crippen molar-refractivity contribution < 1.29 is 14.5 Å². The van der Waals surface area contributed by atoms with Crippen LogP contribution in [0.5, 0.6) is 5.75 Å². The molecule has 0 amide bonds. The highest BCUT2D eigenvalue weighted by Crippen LogP contribution is 2.27. The number of nitro groups is 1. The highest BCUT2D eigenvalue weighted by atomic mass is 16.6. The van der Waals surface area contributed by atoms with Crippen molar-refractivity contribution in [3.05, 3.63) is 33.9 Å². The number of rotatable bonds is 5. The van der Waals surface area contributed by atoms with Gasteiger partial charge < -0.3 is 4.74 Å². The van der Waals surface area contributed by atoms with Crippen molar-refractivity contribution in [3.8, 4) is 5.75 Å². The standard InChI is InChI=1S/C10H11NO4/c1-2-5-15-10-6-8(7-12)3-4-9(10)11(13)14/h3-4,6-7H,2,5H2,1H3. The third-order valence-corrected chi connectivity index (χ3v) is 1.78. The van der Waals surface area contributed by atoms with Crippen molar-refractivity contribution in [2.45, 2.75) is 13.3 Å². The number of carbonyl (C=O) groups excluding carboxylic acids is 1. The zero-order valence-electron chi connectivity index (χ0n) is 8.30. The minimum atomic E-state index is -0.528. The third kappa shape index (κ3) is 2.77. The van der Waals surface area contributed by atoms with Crippen LogP contribution in [-0.4, -0.2) is 17.8 Å². The molecule has 0 atom stereocenters. The van der Waals surface area contributed by atoms with Gasteiger partial charge in [-0.25, -0.2) is 0 Å². The Kier molecular flexibility index (Phi) is 3.79. The van der Waals surface area contributed by atoms with Crippen LogP contribution < -0.4 is 4.74 Å². The lowest BCUT2D eigenvalue weighted by Gasteiger charge is -2.05. The summed E-state index contributed by atoms with van der Waals surface area (Å²) in [6.45, 7) is 2.29. The topological polar surface area (TPSA) is 69.4 Å². The Morgan fingerprint density at radius 3 is 2.80 bits per heavy atom. The van der Waals surface area contributed by atoms with Gasteiger partial charge in [-0.2, -0.15) is 0 Å². The summed E-state index contributed by atoms with van der Waals surface area (Å²) >= 11 is 0. The van der Waals surface area contributed by atoms with Crippen LogP contribution in [0.15, 0.2) is 18.2 Å². The maximum atomic E-state index is 10.6. The van der Waals surface area contributed by atoms with Gasteiger partial charge in [0.05, 0.1) is 11.5 Å². The van der Waals surface area contributed by atoms with Crippen molar-refractivity contribution >= 4 is 12.0 Å². The van der Waals surface area contributed by atoms with E-state index in [2.05, 4.69) is 0 Å². The minimum Gasteiger partial charge on any atom is -0.487 e. The van der Waals surface area contributed by atoms with E-state index < -0.39 is 4.92 Å². The normalized spacial score (nSPS) is 9.67. The molecule has 1 aromatic rings. The summed E-state index contributed by atoms with van der Waals surface area (Å²) in [6, 6.07) is 4.04. The molecule has 0 unspecified atom stereocenters. The lowest BCUT2D eigenvalue weighted by atomic mass is 10.2. The lowest BCUT2D eigenvalue weighted by Crippen LogP contribution is -2.00.